The fourth-order valence-corrected chi connectivity index (χ4v) is 1.39. The van der Waals surface area contributed by atoms with Crippen LogP contribution < -0.4 is 5.32 Å². The van der Waals surface area contributed by atoms with Crippen LogP contribution in [0.3, 0.4) is 0 Å². The van der Waals surface area contributed by atoms with Crippen molar-refractivity contribution in [2.45, 2.75) is 25.1 Å². The number of hydrogen-bond acceptors (Lipinski definition) is 1. The van der Waals surface area contributed by atoms with E-state index in [-0.39, 0.29) is 11.6 Å². The summed E-state index contributed by atoms with van der Waals surface area (Å²) in [5.74, 6) is -6.16. The van der Waals surface area contributed by atoms with Crippen LogP contribution in [0.4, 0.5) is 26.3 Å². The van der Waals surface area contributed by atoms with E-state index in [2.05, 4.69) is 5.32 Å². The molecule has 1 aromatic rings. The van der Waals surface area contributed by atoms with Gasteiger partial charge in [-0.15, -0.1) is 0 Å². The topological polar surface area (TPSA) is 12.0 Å². The summed E-state index contributed by atoms with van der Waals surface area (Å²) in [6, 6.07) is 1.24. The maximum atomic E-state index is 13.5. The van der Waals surface area contributed by atoms with Crippen molar-refractivity contribution in [1.82, 2.24) is 5.32 Å². The summed E-state index contributed by atoms with van der Waals surface area (Å²) >= 11 is 0. The molecule has 1 N–H and O–H groups in total. The molecule has 0 aliphatic carbocycles. The highest BCUT2D eigenvalue weighted by Gasteiger charge is 2.58. The minimum Gasteiger partial charge on any atom is -0.313 e. The van der Waals surface area contributed by atoms with E-state index in [0.29, 0.717) is 6.07 Å². The predicted molar refractivity (Wildman–Crippen MR) is 53.8 cm³/mol. The van der Waals surface area contributed by atoms with Gasteiger partial charge >= 0.3 is 12.1 Å². The lowest BCUT2D eigenvalue weighted by atomic mass is 10.0. The second-order valence-electron chi connectivity index (χ2n) is 3.82. The number of halogens is 6. The van der Waals surface area contributed by atoms with E-state index in [1.807, 2.05) is 0 Å². The minimum absolute atomic E-state index is 0.0271. The third kappa shape index (κ3) is 2.60. The zero-order chi connectivity index (χ0) is 14.1. The van der Waals surface area contributed by atoms with Crippen LogP contribution in [0.15, 0.2) is 18.2 Å². The average molecular weight is 271 g/mol. The molecular formula is C11H11F6N. The Labute approximate surface area is 99.8 Å². The molecule has 0 saturated heterocycles. The number of rotatable bonds is 3. The molecule has 0 aliphatic rings. The van der Waals surface area contributed by atoms with Crippen LogP contribution in [0.2, 0.25) is 0 Å². The molecule has 1 rings (SSSR count). The molecule has 0 saturated carbocycles. The van der Waals surface area contributed by atoms with Gasteiger partial charge in [-0.05, 0) is 20.0 Å². The Kier molecular flexibility index (Phi) is 3.95. The lowest BCUT2D eigenvalue weighted by Gasteiger charge is -2.21. The molecule has 1 unspecified atom stereocenters. The van der Waals surface area contributed by atoms with Gasteiger partial charge in [-0.3, -0.25) is 0 Å². The van der Waals surface area contributed by atoms with Crippen molar-refractivity contribution >= 4 is 0 Å². The summed E-state index contributed by atoms with van der Waals surface area (Å²) in [4.78, 5) is 0. The van der Waals surface area contributed by atoms with Gasteiger partial charge in [0.25, 0.3) is 0 Å². The summed E-state index contributed by atoms with van der Waals surface area (Å²) in [6.45, 7) is 1.56. The van der Waals surface area contributed by atoms with Crippen LogP contribution in [0, 0.1) is 5.82 Å². The Morgan fingerprint density at radius 1 is 1.11 bits per heavy atom. The van der Waals surface area contributed by atoms with E-state index < -0.39 is 29.5 Å². The van der Waals surface area contributed by atoms with Gasteiger partial charge in [0.1, 0.15) is 5.82 Å². The van der Waals surface area contributed by atoms with Crippen LogP contribution in [-0.4, -0.2) is 13.2 Å². The first-order valence-corrected chi connectivity index (χ1v) is 5.03. The van der Waals surface area contributed by atoms with E-state index >= 15 is 0 Å². The van der Waals surface area contributed by atoms with Gasteiger partial charge in [0.2, 0.25) is 0 Å². The van der Waals surface area contributed by atoms with E-state index in [0.717, 1.165) is 6.07 Å². The van der Waals surface area contributed by atoms with Crippen LogP contribution >= 0.6 is 0 Å². The first-order chi connectivity index (χ1) is 8.11. The molecule has 0 amide bonds. The van der Waals surface area contributed by atoms with E-state index in [9.17, 15) is 26.3 Å². The highest BCUT2D eigenvalue weighted by Crippen LogP contribution is 2.44. The minimum atomic E-state index is -5.74. The van der Waals surface area contributed by atoms with Crippen LogP contribution in [-0.2, 0) is 5.92 Å². The molecule has 0 bridgehead atoms. The molecule has 1 atom stereocenters. The number of nitrogens with one attached hydrogen (secondary N) is 1. The maximum absolute atomic E-state index is 13.5. The number of hydrogen-bond donors (Lipinski definition) is 1. The molecule has 102 valence electrons. The Morgan fingerprint density at radius 3 is 2.06 bits per heavy atom. The molecule has 0 heterocycles. The molecule has 0 radical (unpaired) electrons. The molecule has 1 aromatic carbocycles. The smallest absolute Gasteiger partial charge is 0.313 e. The molecular weight excluding hydrogens is 260 g/mol. The van der Waals surface area contributed by atoms with Gasteiger partial charge in [0.15, 0.2) is 0 Å². The normalized spacial score (nSPS) is 14.7. The average Bonchev–Trinajstić information content (AvgIpc) is 2.26. The summed E-state index contributed by atoms with van der Waals surface area (Å²) in [7, 11) is 1.52. The van der Waals surface area contributed by atoms with Gasteiger partial charge in [-0.25, -0.2) is 4.39 Å². The number of benzene rings is 1. The number of alkyl halides is 5. The lowest BCUT2D eigenvalue weighted by molar-refractivity contribution is -0.289. The quantitative estimate of drug-likeness (QED) is 0.825. The summed E-state index contributed by atoms with van der Waals surface area (Å²) < 4.78 is 75.6. The van der Waals surface area contributed by atoms with E-state index in [4.69, 9.17) is 0 Å². The Bertz CT molecular complexity index is 426. The fourth-order valence-electron chi connectivity index (χ4n) is 1.39. The molecule has 1 nitrogen and oxygen atoms in total. The predicted octanol–water partition coefficient (Wildman–Crippen LogP) is 3.76. The Balaban J connectivity index is 3.20. The SMILES string of the molecule is CNC(C)c1ccc(C(F)(F)C(F)(F)F)cc1F. The van der Waals surface area contributed by atoms with Crippen molar-refractivity contribution in [1.29, 1.82) is 0 Å². The zero-order valence-electron chi connectivity index (χ0n) is 9.58. The van der Waals surface area contributed by atoms with Crippen LogP contribution in [0.1, 0.15) is 24.1 Å². The van der Waals surface area contributed by atoms with Crippen molar-refractivity contribution in [2.24, 2.45) is 0 Å². The van der Waals surface area contributed by atoms with Crippen molar-refractivity contribution in [3.8, 4) is 0 Å². The zero-order valence-corrected chi connectivity index (χ0v) is 9.58. The van der Waals surface area contributed by atoms with Crippen LogP contribution in [0.25, 0.3) is 0 Å². The van der Waals surface area contributed by atoms with E-state index in [1.54, 1.807) is 6.92 Å². The largest absolute Gasteiger partial charge is 0.458 e. The monoisotopic (exact) mass is 271 g/mol. The van der Waals surface area contributed by atoms with Gasteiger partial charge in [0, 0.05) is 17.2 Å². The molecule has 0 fully saturated rings. The third-order valence-electron chi connectivity index (χ3n) is 2.62. The van der Waals surface area contributed by atoms with Crippen molar-refractivity contribution in [3.05, 3.63) is 35.1 Å². The van der Waals surface area contributed by atoms with Crippen molar-refractivity contribution in [3.63, 3.8) is 0 Å². The molecule has 7 heteroatoms. The third-order valence-corrected chi connectivity index (χ3v) is 2.62. The van der Waals surface area contributed by atoms with Gasteiger partial charge in [0.05, 0.1) is 0 Å². The van der Waals surface area contributed by atoms with Crippen molar-refractivity contribution in [2.75, 3.05) is 7.05 Å². The molecule has 0 aliphatic heterocycles. The summed E-state index contributed by atoms with van der Waals surface area (Å²) in [5.41, 5.74) is -1.38. The highest BCUT2D eigenvalue weighted by molar-refractivity contribution is 5.30. The van der Waals surface area contributed by atoms with Crippen LogP contribution in [0.5, 0.6) is 0 Å². The van der Waals surface area contributed by atoms with Gasteiger partial charge in [-0.2, -0.15) is 22.0 Å². The van der Waals surface area contributed by atoms with Gasteiger partial charge < -0.3 is 5.32 Å². The Hall–Kier alpha value is -1.24. The molecule has 18 heavy (non-hydrogen) atoms. The van der Waals surface area contributed by atoms with Crippen molar-refractivity contribution < 1.29 is 26.3 Å². The first kappa shape index (κ1) is 14.8. The first-order valence-electron chi connectivity index (χ1n) is 5.03. The lowest BCUT2D eigenvalue weighted by Crippen LogP contribution is -2.33. The standard InChI is InChI=1S/C11H11F6N/c1-6(18-2)8-4-3-7(5-9(8)12)10(13,14)11(15,16)17/h3-6,18H,1-2H3. The summed E-state index contributed by atoms with van der Waals surface area (Å²) in [5, 5.41) is 2.66. The van der Waals surface area contributed by atoms with E-state index in [1.165, 1.54) is 7.05 Å². The maximum Gasteiger partial charge on any atom is 0.458 e. The molecule has 0 spiro atoms. The summed E-state index contributed by atoms with van der Waals surface area (Å²) in [6.07, 6.45) is -5.74. The highest BCUT2D eigenvalue weighted by atomic mass is 19.4. The second-order valence-corrected chi connectivity index (χ2v) is 3.82. The Morgan fingerprint density at radius 2 is 1.67 bits per heavy atom. The molecule has 0 aromatic heterocycles. The fraction of sp³-hybridized carbons (Fsp3) is 0.455. The van der Waals surface area contributed by atoms with Gasteiger partial charge in [-0.1, -0.05) is 12.1 Å². The second kappa shape index (κ2) is 4.79.